The molecule has 0 saturated carbocycles. The summed E-state index contributed by atoms with van der Waals surface area (Å²) in [7, 11) is 1.75. The van der Waals surface area contributed by atoms with Crippen molar-refractivity contribution in [2.75, 3.05) is 13.1 Å². The smallest absolute Gasteiger partial charge is 0.253 e. The van der Waals surface area contributed by atoms with Crippen molar-refractivity contribution in [3.63, 3.8) is 0 Å². The van der Waals surface area contributed by atoms with E-state index in [9.17, 15) is 9.59 Å². The van der Waals surface area contributed by atoms with E-state index in [2.05, 4.69) is 10.4 Å². The summed E-state index contributed by atoms with van der Waals surface area (Å²) < 4.78 is 1.56. The average molecular weight is 451 g/mol. The molecule has 0 radical (unpaired) electrons. The first-order chi connectivity index (χ1) is 15.3. The summed E-state index contributed by atoms with van der Waals surface area (Å²) in [4.78, 5) is 28.1. The molecule has 1 N–H and O–H groups in total. The van der Waals surface area contributed by atoms with Gasteiger partial charge in [0.05, 0.1) is 12.2 Å². The Morgan fingerprint density at radius 3 is 2.31 bits per heavy atom. The average Bonchev–Trinajstić information content (AvgIpc) is 3.44. The normalized spacial score (nSPS) is 14.4. The number of nitrogens with one attached hydrogen (secondary N) is 1. The molecule has 4 rings (SSSR count). The Kier molecular flexibility index (Phi) is 6.33. The van der Waals surface area contributed by atoms with E-state index in [1.54, 1.807) is 24.0 Å². The molecule has 1 aliphatic heterocycles. The van der Waals surface area contributed by atoms with Gasteiger partial charge in [-0.3, -0.25) is 14.3 Å². The number of carbonyl (C=O) groups is 2. The summed E-state index contributed by atoms with van der Waals surface area (Å²) in [6.07, 6.45) is 3.68. The molecule has 7 heteroatoms. The second kappa shape index (κ2) is 9.17. The van der Waals surface area contributed by atoms with Gasteiger partial charge in [0.25, 0.3) is 11.8 Å². The van der Waals surface area contributed by atoms with Crippen LogP contribution < -0.4 is 5.32 Å². The maximum absolute atomic E-state index is 13.2. The molecule has 2 aromatic carbocycles. The third-order valence-corrected chi connectivity index (χ3v) is 6.39. The zero-order valence-electron chi connectivity index (χ0n) is 18.6. The minimum absolute atomic E-state index is 0.0335. The monoisotopic (exact) mass is 450 g/mol. The highest BCUT2D eigenvalue weighted by atomic mass is 35.5. The number of amides is 2. The van der Waals surface area contributed by atoms with Gasteiger partial charge in [-0.05, 0) is 56.0 Å². The van der Waals surface area contributed by atoms with Gasteiger partial charge in [0, 0.05) is 36.8 Å². The van der Waals surface area contributed by atoms with Crippen molar-refractivity contribution in [1.82, 2.24) is 20.0 Å². The molecule has 1 atom stereocenters. The fourth-order valence-corrected chi connectivity index (χ4v) is 4.24. The van der Waals surface area contributed by atoms with Crippen LogP contribution in [0.25, 0.3) is 11.1 Å². The van der Waals surface area contributed by atoms with E-state index < -0.39 is 0 Å². The number of carbonyl (C=O) groups excluding carboxylic acids is 2. The number of rotatable bonds is 5. The van der Waals surface area contributed by atoms with Gasteiger partial charge in [0.1, 0.15) is 5.15 Å². The lowest BCUT2D eigenvalue weighted by Crippen LogP contribution is -2.29. The summed E-state index contributed by atoms with van der Waals surface area (Å²) >= 11 is 6.29. The van der Waals surface area contributed by atoms with Crippen LogP contribution in [-0.4, -0.2) is 39.6 Å². The molecule has 1 aliphatic rings. The molecule has 2 heterocycles. The van der Waals surface area contributed by atoms with E-state index in [1.165, 1.54) is 0 Å². The molecule has 0 aliphatic carbocycles. The Labute approximate surface area is 193 Å². The standard InChI is InChI=1S/C25H27ClN4O2/c1-16-6-8-18(9-7-16)19-12-20(14-21(13-19)25(32)30-10-4-5-11-30)24(31)28-17(2)22-15-27-29(3)23(22)26/h6-9,12-15,17H,4-5,10-11H2,1-3H3,(H,28,31). The van der Waals surface area contributed by atoms with E-state index in [4.69, 9.17) is 11.6 Å². The van der Waals surface area contributed by atoms with E-state index in [0.29, 0.717) is 16.3 Å². The van der Waals surface area contributed by atoms with Gasteiger partial charge >= 0.3 is 0 Å². The summed E-state index contributed by atoms with van der Waals surface area (Å²) in [6, 6.07) is 13.1. The zero-order chi connectivity index (χ0) is 22.8. The molecule has 1 unspecified atom stereocenters. The fourth-order valence-electron chi connectivity index (χ4n) is 3.99. The topological polar surface area (TPSA) is 67.2 Å². The number of halogens is 1. The minimum atomic E-state index is -0.329. The molecular weight excluding hydrogens is 424 g/mol. The molecule has 3 aromatic rings. The van der Waals surface area contributed by atoms with Crippen LogP contribution >= 0.6 is 11.6 Å². The zero-order valence-corrected chi connectivity index (χ0v) is 19.3. The van der Waals surface area contributed by atoms with Crippen LogP contribution in [0.2, 0.25) is 5.15 Å². The summed E-state index contributed by atoms with van der Waals surface area (Å²) in [5.41, 5.74) is 4.67. The van der Waals surface area contributed by atoms with Gasteiger partial charge in [-0.2, -0.15) is 5.10 Å². The van der Waals surface area contributed by atoms with Crippen molar-refractivity contribution >= 4 is 23.4 Å². The second-order valence-corrected chi connectivity index (χ2v) is 8.73. The maximum atomic E-state index is 13.2. The Bertz CT molecular complexity index is 1150. The summed E-state index contributed by atoms with van der Waals surface area (Å²) in [5, 5.41) is 7.61. The highest BCUT2D eigenvalue weighted by Crippen LogP contribution is 2.26. The highest BCUT2D eigenvalue weighted by molar-refractivity contribution is 6.30. The number of hydrogen-bond donors (Lipinski definition) is 1. The lowest BCUT2D eigenvalue weighted by Gasteiger charge is -2.18. The number of likely N-dealkylation sites (tertiary alicyclic amines) is 1. The number of aromatic nitrogens is 2. The third-order valence-electron chi connectivity index (χ3n) is 5.93. The van der Waals surface area contributed by atoms with Crippen LogP contribution in [0.1, 0.15) is 57.7 Å². The Morgan fingerprint density at radius 1 is 1.03 bits per heavy atom. The van der Waals surface area contributed by atoms with E-state index in [0.717, 1.165) is 48.2 Å². The number of hydrogen-bond acceptors (Lipinski definition) is 3. The molecule has 0 bridgehead atoms. The summed E-state index contributed by atoms with van der Waals surface area (Å²) in [5.74, 6) is -0.296. The van der Waals surface area contributed by atoms with Crippen LogP contribution in [0.4, 0.5) is 0 Å². The third kappa shape index (κ3) is 4.55. The van der Waals surface area contributed by atoms with Gasteiger partial charge in [0.15, 0.2) is 0 Å². The lowest BCUT2D eigenvalue weighted by atomic mass is 9.98. The Hall–Kier alpha value is -3.12. The van der Waals surface area contributed by atoms with Crippen molar-refractivity contribution in [2.24, 2.45) is 7.05 Å². The maximum Gasteiger partial charge on any atom is 0.253 e. The SMILES string of the molecule is Cc1ccc(-c2cc(C(=O)NC(C)c3cnn(C)c3Cl)cc(C(=O)N3CCCC3)c2)cc1. The quantitative estimate of drug-likeness (QED) is 0.608. The molecular formula is C25H27ClN4O2. The van der Waals surface area contributed by atoms with Gasteiger partial charge in [-0.1, -0.05) is 41.4 Å². The molecule has 6 nitrogen and oxygen atoms in total. The van der Waals surface area contributed by atoms with Crippen LogP contribution in [0.5, 0.6) is 0 Å². The van der Waals surface area contributed by atoms with Crippen molar-refractivity contribution in [3.05, 3.63) is 76.1 Å². The van der Waals surface area contributed by atoms with Crippen molar-refractivity contribution in [3.8, 4) is 11.1 Å². The number of benzene rings is 2. The van der Waals surface area contributed by atoms with Crippen molar-refractivity contribution in [2.45, 2.75) is 32.7 Å². The van der Waals surface area contributed by atoms with Gasteiger partial charge in [-0.15, -0.1) is 0 Å². The number of nitrogens with zero attached hydrogens (tertiary/aromatic N) is 3. The van der Waals surface area contributed by atoms with Gasteiger partial charge in [0.2, 0.25) is 0 Å². The molecule has 0 spiro atoms. The van der Waals surface area contributed by atoms with Crippen LogP contribution in [0.15, 0.2) is 48.7 Å². The Balaban J connectivity index is 1.67. The molecule has 1 aromatic heterocycles. The molecule has 166 valence electrons. The van der Waals surface area contributed by atoms with Gasteiger partial charge in [-0.25, -0.2) is 0 Å². The largest absolute Gasteiger partial charge is 0.345 e. The molecule has 1 saturated heterocycles. The minimum Gasteiger partial charge on any atom is -0.345 e. The van der Waals surface area contributed by atoms with E-state index in [1.807, 2.05) is 55.1 Å². The number of aryl methyl sites for hydroxylation is 2. The Morgan fingerprint density at radius 2 is 1.69 bits per heavy atom. The molecule has 1 fully saturated rings. The van der Waals surface area contributed by atoms with Gasteiger partial charge < -0.3 is 10.2 Å². The van der Waals surface area contributed by atoms with Crippen LogP contribution in [0, 0.1) is 6.92 Å². The van der Waals surface area contributed by atoms with Crippen molar-refractivity contribution < 1.29 is 9.59 Å². The first-order valence-electron chi connectivity index (χ1n) is 10.8. The van der Waals surface area contributed by atoms with E-state index in [-0.39, 0.29) is 17.9 Å². The predicted molar refractivity (Wildman–Crippen MR) is 126 cm³/mol. The first kappa shape index (κ1) is 22.1. The fraction of sp³-hybridized carbons (Fsp3) is 0.320. The predicted octanol–water partition coefficient (Wildman–Crippen LogP) is 4.78. The van der Waals surface area contributed by atoms with Crippen LogP contribution in [0.3, 0.4) is 0 Å². The van der Waals surface area contributed by atoms with Crippen molar-refractivity contribution in [1.29, 1.82) is 0 Å². The lowest BCUT2D eigenvalue weighted by molar-refractivity contribution is 0.0793. The highest BCUT2D eigenvalue weighted by Gasteiger charge is 2.23. The van der Waals surface area contributed by atoms with Crippen LogP contribution in [-0.2, 0) is 7.05 Å². The van der Waals surface area contributed by atoms with E-state index >= 15 is 0 Å². The second-order valence-electron chi connectivity index (χ2n) is 8.37. The molecule has 32 heavy (non-hydrogen) atoms. The summed E-state index contributed by atoms with van der Waals surface area (Å²) in [6.45, 7) is 5.40. The first-order valence-corrected chi connectivity index (χ1v) is 11.2. The molecule has 2 amide bonds.